The van der Waals surface area contributed by atoms with Crippen LogP contribution in [0, 0.1) is 5.82 Å². The lowest BCUT2D eigenvalue weighted by Gasteiger charge is -2.09. The van der Waals surface area contributed by atoms with Gasteiger partial charge in [0.2, 0.25) is 5.88 Å². The van der Waals surface area contributed by atoms with Gasteiger partial charge < -0.3 is 4.52 Å². The number of carbonyl (C=O) groups is 1. The molecule has 1 aliphatic carbocycles. The number of nitrogens with zero attached hydrogens (tertiary/aromatic N) is 1. The lowest BCUT2D eigenvalue weighted by molar-refractivity contribution is 0.102. The Bertz CT molecular complexity index is 622. The third-order valence-corrected chi connectivity index (χ3v) is 3.31. The minimum Gasteiger partial charge on any atom is -0.338 e. The van der Waals surface area contributed by atoms with Crippen LogP contribution in [0.3, 0.4) is 0 Å². The van der Waals surface area contributed by atoms with Gasteiger partial charge in [0, 0.05) is 5.56 Å². The van der Waals surface area contributed by atoms with E-state index in [1.165, 1.54) is 12.1 Å². The Kier molecular flexibility index (Phi) is 3.03. The van der Waals surface area contributed by atoms with E-state index in [1.807, 2.05) is 0 Å². The van der Waals surface area contributed by atoms with Gasteiger partial charge in [-0.3, -0.25) is 10.1 Å². The average Bonchev–Trinajstić information content (AvgIpc) is 2.83. The van der Waals surface area contributed by atoms with Gasteiger partial charge in [-0.2, -0.15) is 0 Å². The molecule has 0 radical (unpaired) electrons. The fourth-order valence-corrected chi connectivity index (χ4v) is 2.30. The van der Waals surface area contributed by atoms with Gasteiger partial charge in [0.25, 0.3) is 5.91 Å². The maximum absolute atomic E-state index is 13.5. The van der Waals surface area contributed by atoms with Gasteiger partial charge in [-0.05, 0) is 37.8 Å². The van der Waals surface area contributed by atoms with Crippen molar-refractivity contribution < 1.29 is 13.7 Å². The van der Waals surface area contributed by atoms with E-state index in [9.17, 15) is 9.18 Å². The highest BCUT2D eigenvalue weighted by Crippen LogP contribution is 2.27. The molecular formula is C14H13FN2O2. The summed E-state index contributed by atoms with van der Waals surface area (Å²) in [6, 6.07) is 5.86. The number of fused-ring (bicyclic) bond motifs is 1. The first kappa shape index (κ1) is 11.9. The monoisotopic (exact) mass is 260 g/mol. The van der Waals surface area contributed by atoms with Crippen LogP contribution in [0.2, 0.25) is 0 Å². The number of aromatic nitrogens is 1. The fraction of sp³-hybridized carbons (Fsp3) is 0.286. The van der Waals surface area contributed by atoms with E-state index in [1.54, 1.807) is 12.1 Å². The first-order valence-electron chi connectivity index (χ1n) is 6.29. The normalized spacial score (nSPS) is 13.9. The van der Waals surface area contributed by atoms with Crippen LogP contribution in [0.15, 0.2) is 28.8 Å². The second-order valence-corrected chi connectivity index (χ2v) is 4.58. The highest BCUT2D eigenvalue weighted by molar-refractivity contribution is 6.04. The number of halogens is 1. The van der Waals surface area contributed by atoms with Crippen LogP contribution >= 0.6 is 0 Å². The maximum atomic E-state index is 13.5. The number of amides is 1. The summed E-state index contributed by atoms with van der Waals surface area (Å²) in [6.45, 7) is 0. The second-order valence-electron chi connectivity index (χ2n) is 4.58. The molecule has 0 bridgehead atoms. The smallest absolute Gasteiger partial charge is 0.261 e. The predicted octanol–water partition coefficient (Wildman–Crippen LogP) is 2.94. The Morgan fingerprint density at radius 1 is 1.26 bits per heavy atom. The van der Waals surface area contributed by atoms with Crippen LogP contribution in [0.4, 0.5) is 10.3 Å². The number of aryl methyl sites for hydroxylation is 1. The molecule has 1 aromatic heterocycles. The molecule has 0 fully saturated rings. The molecule has 1 aliphatic rings. The van der Waals surface area contributed by atoms with E-state index in [-0.39, 0.29) is 5.56 Å². The molecule has 1 heterocycles. The molecule has 1 aromatic carbocycles. The Hall–Kier alpha value is -2.17. The van der Waals surface area contributed by atoms with Gasteiger partial charge in [-0.25, -0.2) is 4.39 Å². The third-order valence-electron chi connectivity index (χ3n) is 3.31. The molecule has 0 aliphatic heterocycles. The Balaban J connectivity index is 1.84. The van der Waals surface area contributed by atoms with Crippen LogP contribution < -0.4 is 5.32 Å². The van der Waals surface area contributed by atoms with E-state index in [0.29, 0.717) is 5.88 Å². The van der Waals surface area contributed by atoms with E-state index in [4.69, 9.17) is 4.52 Å². The average molecular weight is 260 g/mol. The minimum atomic E-state index is -0.548. The molecule has 0 saturated carbocycles. The molecule has 0 unspecified atom stereocenters. The molecular weight excluding hydrogens is 247 g/mol. The zero-order valence-corrected chi connectivity index (χ0v) is 10.3. The van der Waals surface area contributed by atoms with Crippen molar-refractivity contribution in [1.82, 2.24) is 5.16 Å². The van der Waals surface area contributed by atoms with E-state index in [0.717, 1.165) is 36.9 Å². The predicted molar refractivity (Wildman–Crippen MR) is 67.5 cm³/mol. The van der Waals surface area contributed by atoms with Crippen molar-refractivity contribution in [1.29, 1.82) is 0 Å². The molecule has 1 amide bonds. The Morgan fingerprint density at radius 3 is 2.89 bits per heavy atom. The van der Waals surface area contributed by atoms with Gasteiger partial charge in [0.1, 0.15) is 5.82 Å². The maximum Gasteiger partial charge on any atom is 0.261 e. The number of anilines is 1. The summed E-state index contributed by atoms with van der Waals surface area (Å²) in [5.41, 5.74) is 1.84. The Labute approximate surface area is 109 Å². The van der Waals surface area contributed by atoms with Gasteiger partial charge in [-0.15, -0.1) is 0 Å². The van der Waals surface area contributed by atoms with Crippen LogP contribution in [-0.2, 0) is 12.8 Å². The second kappa shape index (κ2) is 4.84. The van der Waals surface area contributed by atoms with Crippen molar-refractivity contribution in [2.45, 2.75) is 25.7 Å². The number of carbonyl (C=O) groups excluding carboxylic acids is 1. The Morgan fingerprint density at radius 2 is 2.05 bits per heavy atom. The molecule has 4 nitrogen and oxygen atoms in total. The molecule has 0 saturated heterocycles. The molecule has 5 heteroatoms. The first-order chi connectivity index (χ1) is 9.25. The third kappa shape index (κ3) is 2.23. The molecule has 2 aromatic rings. The highest BCUT2D eigenvalue weighted by atomic mass is 19.1. The van der Waals surface area contributed by atoms with Crippen LogP contribution in [0.25, 0.3) is 0 Å². The van der Waals surface area contributed by atoms with E-state index in [2.05, 4.69) is 10.5 Å². The van der Waals surface area contributed by atoms with Crippen LogP contribution in [0.1, 0.15) is 34.5 Å². The molecule has 3 rings (SSSR count). The number of hydrogen-bond acceptors (Lipinski definition) is 3. The van der Waals surface area contributed by atoms with Crippen molar-refractivity contribution >= 4 is 11.8 Å². The van der Waals surface area contributed by atoms with Crippen LogP contribution in [0.5, 0.6) is 0 Å². The topological polar surface area (TPSA) is 55.1 Å². The molecule has 98 valence electrons. The quantitative estimate of drug-likeness (QED) is 0.903. The number of rotatable bonds is 2. The van der Waals surface area contributed by atoms with Crippen molar-refractivity contribution in [3.63, 3.8) is 0 Å². The highest BCUT2D eigenvalue weighted by Gasteiger charge is 2.21. The van der Waals surface area contributed by atoms with Crippen molar-refractivity contribution in [3.05, 3.63) is 46.9 Å². The lowest BCUT2D eigenvalue weighted by atomic mass is 9.97. The molecule has 1 N–H and O–H groups in total. The van der Waals surface area contributed by atoms with Gasteiger partial charge in [-0.1, -0.05) is 17.3 Å². The molecule has 19 heavy (non-hydrogen) atoms. The zero-order valence-electron chi connectivity index (χ0n) is 10.3. The van der Waals surface area contributed by atoms with Gasteiger partial charge in [0.05, 0.1) is 11.3 Å². The minimum absolute atomic E-state index is 0.00320. The van der Waals surface area contributed by atoms with Crippen LogP contribution in [-0.4, -0.2) is 11.1 Å². The summed E-state index contributed by atoms with van der Waals surface area (Å²) in [4.78, 5) is 12.0. The van der Waals surface area contributed by atoms with Crippen molar-refractivity contribution in [2.75, 3.05) is 5.32 Å². The van der Waals surface area contributed by atoms with Crippen molar-refractivity contribution in [2.24, 2.45) is 0 Å². The lowest BCUT2D eigenvalue weighted by Crippen LogP contribution is -2.15. The zero-order chi connectivity index (χ0) is 13.2. The summed E-state index contributed by atoms with van der Waals surface area (Å²) in [7, 11) is 0. The first-order valence-corrected chi connectivity index (χ1v) is 6.29. The summed E-state index contributed by atoms with van der Waals surface area (Å²) < 4.78 is 18.6. The fourth-order valence-electron chi connectivity index (χ4n) is 2.30. The summed E-state index contributed by atoms with van der Waals surface area (Å²) in [6.07, 6.45) is 3.84. The number of hydrogen-bond donors (Lipinski definition) is 1. The van der Waals surface area contributed by atoms with E-state index >= 15 is 0 Å². The van der Waals surface area contributed by atoms with E-state index < -0.39 is 11.7 Å². The SMILES string of the molecule is O=C(Nc1onc2c1CCCC2)c1ccccc1F. The van der Waals surface area contributed by atoms with Crippen molar-refractivity contribution in [3.8, 4) is 0 Å². The number of nitrogens with one attached hydrogen (secondary N) is 1. The summed E-state index contributed by atoms with van der Waals surface area (Å²) in [5, 5.41) is 6.54. The summed E-state index contributed by atoms with van der Waals surface area (Å²) >= 11 is 0. The number of benzene rings is 1. The standard InChI is InChI=1S/C14H13FN2O2/c15-11-7-3-1-5-9(11)13(18)16-14-10-6-2-4-8-12(10)17-19-14/h1,3,5,7H,2,4,6,8H2,(H,16,18). The molecule has 0 atom stereocenters. The summed E-state index contributed by atoms with van der Waals surface area (Å²) in [5.74, 6) is -0.709. The van der Waals surface area contributed by atoms with Gasteiger partial charge in [0.15, 0.2) is 0 Å². The van der Waals surface area contributed by atoms with Gasteiger partial charge >= 0.3 is 0 Å². The molecule has 0 spiro atoms. The largest absolute Gasteiger partial charge is 0.338 e.